The Balaban J connectivity index is 3.01. The molecule has 0 spiro atoms. The Bertz CT molecular complexity index is 202. The number of nitrogens with two attached hydrogens (primary N) is 1. The molecule has 3 N–H and O–H groups in total. The number of nitrogen functional groups attached to an aromatic ring is 1. The van der Waals surface area contributed by atoms with Gasteiger partial charge in [-0.25, -0.2) is 0 Å². The van der Waals surface area contributed by atoms with Crippen molar-refractivity contribution in [2.24, 2.45) is 0 Å². The van der Waals surface area contributed by atoms with Gasteiger partial charge >= 0.3 is 0 Å². The summed E-state index contributed by atoms with van der Waals surface area (Å²) in [7, 11) is 0. The Labute approximate surface area is 51.5 Å². The summed E-state index contributed by atoms with van der Waals surface area (Å²) < 4.78 is 0. The van der Waals surface area contributed by atoms with Gasteiger partial charge in [0.2, 0.25) is 0 Å². The van der Waals surface area contributed by atoms with E-state index >= 15 is 0 Å². The summed E-state index contributed by atoms with van der Waals surface area (Å²) in [6, 6.07) is 0. The van der Waals surface area contributed by atoms with Crippen molar-refractivity contribution in [1.29, 1.82) is 0 Å². The lowest BCUT2D eigenvalue weighted by atomic mass is 10.3. The zero-order chi connectivity index (χ0) is 6.69. The number of nitrogens with zero attached hydrogens (tertiary/aromatic N) is 3. The molecule has 0 fully saturated rings. The van der Waals surface area contributed by atoms with Crippen LogP contribution in [-0.4, -0.2) is 20.5 Å². The predicted octanol–water partition coefficient (Wildman–Crippen LogP) is -1.05. The molecule has 5 nitrogen and oxygen atoms in total. The fourth-order valence-electron chi connectivity index (χ4n) is 0.422. The Morgan fingerprint density at radius 1 is 1.67 bits per heavy atom. The highest BCUT2D eigenvalue weighted by Crippen LogP contribution is 2.01. The van der Waals surface area contributed by atoms with E-state index in [4.69, 9.17) is 10.8 Å². The van der Waals surface area contributed by atoms with Crippen LogP contribution in [0.5, 0.6) is 0 Å². The molecule has 1 aromatic heterocycles. The number of hydrogen-bond acceptors (Lipinski definition) is 5. The van der Waals surface area contributed by atoms with Crippen LogP contribution in [0.25, 0.3) is 0 Å². The molecule has 0 radical (unpaired) electrons. The van der Waals surface area contributed by atoms with Crippen LogP contribution < -0.4 is 5.73 Å². The molecular formula is C4H6N4O. The van der Waals surface area contributed by atoms with Crippen LogP contribution in [0.2, 0.25) is 0 Å². The Morgan fingerprint density at radius 2 is 2.44 bits per heavy atom. The second-order valence-electron chi connectivity index (χ2n) is 1.50. The third-order valence-electron chi connectivity index (χ3n) is 0.917. The maximum atomic E-state index is 8.53. The fraction of sp³-hybridized carbons (Fsp3) is 0.250. The van der Waals surface area contributed by atoms with Crippen LogP contribution in [0.3, 0.4) is 0 Å². The smallest absolute Gasteiger partial charge is 0.155 e. The standard InChI is InChI=1S/C4H6N4O/c5-4-3(2-9)1-6-8-7-4/h1,9H,2H2,(H2,5,6,7). The number of hydrogen-bond donors (Lipinski definition) is 2. The maximum absolute atomic E-state index is 8.53. The molecule has 9 heavy (non-hydrogen) atoms. The normalized spacial score (nSPS) is 9.44. The highest BCUT2D eigenvalue weighted by molar-refractivity contribution is 5.34. The van der Waals surface area contributed by atoms with Gasteiger partial charge in [-0.2, -0.15) is 0 Å². The van der Waals surface area contributed by atoms with Crippen LogP contribution >= 0.6 is 0 Å². The van der Waals surface area contributed by atoms with Crippen molar-refractivity contribution in [3.05, 3.63) is 11.8 Å². The van der Waals surface area contributed by atoms with Crippen molar-refractivity contribution in [2.45, 2.75) is 6.61 Å². The van der Waals surface area contributed by atoms with E-state index in [1.807, 2.05) is 0 Å². The van der Waals surface area contributed by atoms with Crippen LogP contribution in [-0.2, 0) is 6.61 Å². The number of rotatable bonds is 1. The molecule has 0 atom stereocenters. The summed E-state index contributed by atoms with van der Waals surface area (Å²) in [5.74, 6) is 0.229. The molecule has 0 saturated carbocycles. The van der Waals surface area contributed by atoms with E-state index in [9.17, 15) is 0 Å². The zero-order valence-corrected chi connectivity index (χ0v) is 4.65. The van der Waals surface area contributed by atoms with Crippen LogP contribution in [0, 0.1) is 0 Å². The molecule has 5 heteroatoms. The topological polar surface area (TPSA) is 84.9 Å². The van der Waals surface area contributed by atoms with Crippen molar-refractivity contribution in [2.75, 3.05) is 5.73 Å². The van der Waals surface area contributed by atoms with E-state index in [2.05, 4.69) is 15.4 Å². The maximum Gasteiger partial charge on any atom is 0.155 e. The molecule has 0 aliphatic carbocycles. The van der Waals surface area contributed by atoms with Gasteiger partial charge in [0.05, 0.1) is 12.8 Å². The highest BCUT2D eigenvalue weighted by Gasteiger charge is 1.95. The van der Waals surface area contributed by atoms with E-state index in [0.29, 0.717) is 5.56 Å². The second-order valence-corrected chi connectivity index (χ2v) is 1.50. The fourth-order valence-corrected chi connectivity index (χ4v) is 0.422. The third-order valence-corrected chi connectivity index (χ3v) is 0.917. The largest absolute Gasteiger partial charge is 0.391 e. The quantitative estimate of drug-likeness (QED) is 0.501. The Hall–Kier alpha value is -1.23. The first-order valence-electron chi connectivity index (χ1n) is 2.38. The van der Waals surface area contributed by atoms with Crippen LogP contribution in [0.1, 0.15) is 5.56 Å². The minimum Gasteiger partial charge on any atom is -0.391 e. The van der Waals surface area contributed by atoms with E-state index in [0.717, 1.165) is 0 Å². The van der Waals surface area contributed by atoms with Gasteiger partial charge in [0.25, 0.3) is 0 Å². The lowest BCUT2D eigenvalue weighted by molar-refractivity contribution is 0.281. The minimum atomic E-state index is -0.144. The van der Waals surface area contributed by atoms with Gasteiger partial charge in [0.15, 0.2) is 5.82 Å². The zero-order valence-electron chi connectivity index (χ0n) is 4.65. The summed E-state index contributed by atoms with van der Waals surface area (Å²) in [4.78, 5) is 0. The van der Waals surface area contributed by atoms with Crippen molar-refractivity contribution in [1.82, 2.24) is 15.4 Å². The molecule has 0 aromatic carbocycles. The molecule has 1 rings (SSSR count). The Morgan fingerprint density at radius 3 is 2.89 bits per heavy atom. The monoisotopic (exact) mass is 126 g/mol. The van der Waals surface area contributed by atoms with Crippen LogP contribution in [0.4, 0.5) is 5.82 Å². The number of aliphatic hydroxyl groups excluding tert-OH is 1. The first kappa shape index (κ1) is 5.90. The highest BCUT2D eigenvalue weighted by atomic mass is 16.3. The predicted molar refractivity (Wildman–Crippen MR) is 30.2 cm³/mol. The van der Waals surface area contributed by atoms with Crippen molar-refractivity contribution in [3.63, 3.8) is 0 Å². The molecule has 0 aliphatic heterocycles. The summed E-state index contributed by atoms with van der Waals surface area (Å²) in [5, 5.41) is 18.6. The van der Waals surface area contributed by atoms with Gasteiger partial charge in [0, 0.05) is 5.56 Å². The number of aromatic nitrogens is 3. The van der Waals surface area contributed by atoms with Crippen molar-refractivity contribution >= 4 is 5.82 Å². The van der Waals surface area contributed by atoms with Crippen molar-refractivity contribution in [3.8, 4) is 0 Å². The number of anilines is 1. The minimum absolute atomic E-state index is 0.144. The average molecular weight is 126 g/mol. The molecule has 1 aromatic rings. The summed E-state index contributed by atoms with van der Waals surface area (Å²) >= 11 is 0. The van der Waals surface area contributed by atoms with E-state index in [1.165, 1.54) is 6.20 Å². The third kappa shape index (κ3) is 1.11. The SMILES string of the molecule is Nc1nnncc1CO. The van der Waals surface area contributed by atoms with E-state index < -0.39 is 0 Å². The van der Waals surface area contributed by atoms with Gasteiger partial charge < -0.3 is 10.8 Å². The molecule has 0 unspecified atom stereocenters. The van der Waals surface area contributed by atoms with Gasteiger partial charge in [0.1, 0.15) is 0 Å². The second kappa shape index (κ2) is 2.36. The van der Waals surface area contributed by atoms with E-state index in [-0.39, 0.29) is 12.4 Å². The molecule has 0 bridgehead atoms. The first-order chi connectivity index (χ1) is 4.34. The molecule has 0 saturated heterocycles. The van der Waals surface area contributed by atoms with E-state index in [1.54, 1.807) is 0 Å². The van der Waals surface area contributed by atoms with Crippen molar-refractivity contribution < 1.29 is 5.11 Å². The van der Waals surface area contributed by atoms with Gasteiger partial charge in [-0.1, -0.05) is 0 Å². The average Bonchev–Trinajstić information content (AvgIpc) is 1.89. The summed E-state index contributed by atoms with van der Waals surface area (Å²) in [6.45, 7) is -0.144. The Kier molecular flexibility index (Phi) is 1.55. The molecule has 0 amide bonds. The molecule has 48 valence electrons. The molecule has 1 heterocycles. The number of aliphatic hydroxyl groups is 1. The van der Waals surface area contributed by atoms with Crippen LogP contribution in [0.15, 0.2) is 6.20 Å². The van der Waals surface area contributed by atoms with Gasteiger partial charge in [-0.05, 0) is 5.21 Å². The van der Waals surface area contributed by atoms with Gasteiger partial charge in [-0.15, -0.1) is 10.2 Å². The summed E-state index contributed by atoms with van der Waals surface area (Å²) in [6.07, 6.45) is 1.38. The first-order valence-corrected chi connectivity index (χ1v) is 2.38. The lowest BCUT2D eigenvalue weighted by Gasteiger charge is -1.94. The lowest BCUT2D eigenvalue weighted by Crippen LogP contribution is -2.00. The van der Waals surface area contributed by atoms with Gasteiger partial charge in [-0.3, -0.25) is 0 Å². The molecule has 0 aliphatic rings. The summed E-state index contributed by atoms with van der Waals surface area (Å²) in [5.41, 5.74) is 5.76. The molecular weight excluding hydrogens is 120 g/mol.